The van der Waals surface area contributed by atoms with Gasteiger partial charge in [0, 0.05) is 25.6 Å². The summed E-state index contributed by atoms with van der Waals surface area (Å²) < 4.78 is 0. The fourth-order valence-corrected chi connectivity index (χ4v) is 3.43. The van der Waals surface area contributed by atoms with Crippen LogP contribution in [0.3, 0.4) is 0 Å². The number of nitrogens with zero attached hydrogens (tertiary/aromatic N) is 1. The van der Waals surface area contributed by atoms with E-state index in [9.17, 15) is 4.79 Å². The van der Waals surface area contributed by atoms with E-state index in [-0.39, 0.29) is 5.92 Å². The lowest BCUT2D eigenvalue weighted by atomic mass is 9.80. The van der Waals surface area contributed by atoms with Gasteiger partial charge in [-0.1, -0.05) is 12.8 Å². The molecule has 1 aliphatic carbocycles. The lowest BCUT2D eigenvalue weighted by Crippen LogP contribution is -2.38. The highest BCUT2D eigenvalue weighted by molar-refractivity contribution is 5.78. The molecule has 0 aromatic heterocycles. The molecule has 2 fully saturated rings. The fourth-order valence-electron chi connectivity index (χ4n) is 3.43. The Labute approximate surface area is 111 Å². The summed E-state index contributed by atoms with van der Waals surface area (Å²) in [6.45, 7) is 2.26. The molecule has 0 unspecified atom stereocenters. The molecular weight excluding hydrogens is 226 g/mol. The standard InChI is InChI=1S/C15H27NO2/c17-12-9-13-5-7-14(8-6-13)15(18)16-10-3-1-2-4-11-16/h13-14,17H,1-12H2. The molecule has 1 saturated heterocycles. The van der Waals surface area contributed by atoms with Crippen molar-refractivity contribution in [3.8, 4) is 0 Å². The third-order valence-corrected chi connectivity index (χ3v) is 4.65. The number of hydrogen-bond donors (Lipinski definition) is 1. The summed E-state index contributed by atoms with van der Waals surface area (Å²) in [6, 6.07) is 0. The molecule has 18 heavy (non-hydrogen) atoms. The number of carbonyl (C=O) groups excluding carboxylic acids is 1. The molecule has 1 saturated carbocycles. The summed E-state index contributed by atoms with van der Waals surface area (Å²) in [5.74, 6) is 1.35. The van der Waals surface area contributed by atoms with E-state index in [4.69, 9.17) is 5.11 Å². The Morgan fingerprint density at radius 2 is 1.61 bits per heavy atom. The van der Waals surface area contributed by atoms with Crippen molar-refractivity contribution < 1.29 is 9.90 Å². The summed E-state index contributed by atoms with van der Waals surface area (Å²) in [5, 5.41) is 8.95. The van der Waals surface area contributed by atoms with Gasteiger partial charge in [-0.25, -0.2) is 0 Å². The van der Waals surface area contributed by atoms with Crippen LogP contribution in [0.2, 0.25) is 0 Å². The van der Waals surface area contributed by atoms with Crippen LogP contribution in [0.4, 0.5) is 0 Å². The van der Waals surface area contributed by atoms with Gasteiger partial charge in [0.2, 0.25) is 5.91 Å². The highest BCUT2D eigenvalue weighted by atomic mass is 16.3. The van der Waals surface area contributed by atoms with E-state index in [1.54, 1.807) is 0 Å². The van der Waals surface area contributed by atoms with Gasteiger partial charge in [-0.3, -0.25) is 4.79 Å². The van der Waals surface area contributed by atoms with Crippen molar-refractivity contribution in [2.24, 2.45) is 11.8 Å². The van der Waals surface area contributed by atoms with Crippen LogP contribution >= 0.6 is 0 Å². The number of rotatable bonds is 3. The van der Waals surface area contributed by atoms with Gasteiger partial charge in [-0.2, -0.15) is 0 Å². The molecule has 1 aliphatic heterocycles. The van der Waals surface area contributed by atoms with E-state index in [0.717, 1.165) is 45.2 Å². The first kappa shape index (κ1) is 13.9. The van der Waals surface area contributed by atoms with Crippen molar-refractivity contribution in [2.45, 2.75) is 57.8 Å². The number of aliphatic hydroxyl groups excluding tert-OH is 1. The minimum Gasteiger partial charge on any atom is -0.396 e. The van der Waals surface area contributed by atoms with Gasteiger partial charge in [0.1, 0.15) is 0 Å². The first-order valence-electron chi connectivity index (χ1n) is 7.71. The van der Waals surface area contributed by atoms with E-state index >= 15 is 0 Å². The minimum absolute atomic E-state index is 0.276. The Morgan fingerprint density at radius 3 is 2.17 bits per heavy atom. The minimum atomic E-state index is 0.276. The molecule has 2 aliphatic rings. The Hall–Kier alpha value is -0.570. The zero-order valence-electron chi connectivity index (χ0n) is 11.4. The second kappa shape index (κ2) is 7.13. The molecule has 0 aromatic carbocycles. The van der Waals surface area contributed by atoms with Gasteiger partial charge in [0.25, 0.3) is 0 Å². The first-order chi connectivity index (χ1) is 8.81. The molecule has 1 heterocycles. The van der Waals surface area contributed by atoms with E-state index in [0.29, 0.717) is 18.4 Å². The predicted molar refractivity (Wildman–Crippen MR) is 72.2 cm³/mol. The highest BCUT2D eigenvalue weighted by Crippen LogP contribution is 2.32. The highest BCUT2D eigenvalue weighted by Gasteiger charge is 2.29. The number of aliphatic hydroxyl groups is 1. The van der Waals surface area contributed by atoms with Crippen LogP contribution in [0.1, 0.15) is 57.8 Å². The fraction of sp³-hybridized carbons (Fsp3) is 0.933. The van der Waals surface area contributed by atoms with Crippen LogP contribution in [-0.2, 0) is 4.79 Å². The molecule has 0 atom stereocenters. The summed E-state index contributed by atoms with van der Waals surface area (Å²) in [4.78, 5) is 14.6. The van der Waals surface area contributed by atoms with Crippen LogP contribution < -0.4 is 0 Å². The van der Waals surface area contributed by atoms with Gasteiger partial charge in [0.15, 0.2) is 0 Å². The summed E-state index contributed by atoms with van der Waals surface area (Å²) in [5.41, 5.74) is 0. The number of carbonyl (C=O) groups is 1. The molecule has 0 aromatic rings. The molecule has 3 nitrogen and oxygen atoms in total. The Bertz CT molecular complexity index is 251. The Balaban J connectivity index is 1.79. The van der Waals surface area contributed by atoms with Gasteiger partial charge in [-0.05, 0) is 50.9 Å². The summed E-state index contributed by atoms with van der Waals surface area (Å²) in [6.07, 6.45) is 10.2. The van der Waals surface area contributed by atoms with E-state index < -0.39 is 0 Å². The maximum Gasteiger partial charge on any atom is 0.225 e. The van der Waals surface area contributed by atoms with Crippen LogP contribution in [-0.4, -0.2) is 35.6 Å². The summed E-state index contributed by atoms with van der Waals surface area (Å²) in [7, 11) is 0. The lowest BCUT2D eigenvalue weighted by molar-refractivity contribution is -0.136. The van der Waals surface area contributed by atoms with Crippen LogP contribution in [0, 0.1) is 11.8 Å². The first-order valence-corrected chi connectivity index (χ1v) is 7.71. The van der Waals surface area contributed by atoms with Gasteiger partial charge in [-0.15, -0.1) is 0 Å². The molecule has 1 amide bonds. The van der Waals surface area contributed by atoms with Crippen molar-refractivity contribution in [2.75, 3.05) is 19.7 Å². The van der Waals surface area contributed by atoms with E-state index in [1.807, 2.05) is 0 Å². The largest absolute Gasteiger partial charge is 0.396 e. The van der Waals surface area contributed by atoms with Gasteiger partial charge < -0.3 is 10.0 Å². The second-order valence-electron chi connectivity index (χ2n) is 5.97. The number of likely N-dealkylation sites (tertiary alicyclic amines) is 1. The van der Waals surface area contributed by atoms with Crippen LogP contribution in [0.25, 0.3) is 0 Å². The molecule has 2 rings (SSSR count). The lowest BCUT2D eigenvalue weighted by Gasteiger charge is -2.31. The van der Waals surface area contributed by atoms with Gasteiger partial charge >= 0.3 is 0 Å². The van der Waals surface area contributed by atoms with E-state index in [2.05, 4.69) is 4.90 Å². The Morgan fingerprint density at radius 1 is 1.00 bits per heavy atom. The molecule has 0 bridgehead atoms. The van der Waals surface area contributed by atoms with Crippen molar-refractivity contribution in [1.29, 1.82) is 0 Å². The number of hydrogen-bond acceptors (Lipinski definition) is 2. The zero-order valence-corrected chi connectivity index (χ0v) is 11.4. The second-order valence-corrected chi connectivity index (χ2v) is 5.97. The molecule has 1 N–H and O–H groups in total. The normalized spacial score (nSPS) is 29.9. The smallest absolute Gasteiger partial charge is 0.225 e. The SMILES string of the molecule is O=C(C1CCC(CCO)CC1)N1CCCCCC1. The monoisotopic (exact) mass is 253 g/mol. The van der Waals surface area contributed by atoms with Gasteiger partial charge in [0.05, 0.1) is 0 Å². The third-order valence-electron chi connectivity index (χ3n) is 4.65. The topological polar surface area (TPSA) is 40.5 Å². The molecule has 104 valence electrons. The summed E-state index contributed by atoms with van der Waals surface area (Å²) >= 11 is 0. The molecule has 3 heteroatoms. The van der Waals surface area contributed by atoms with Crippen molar-refractivity contribution in [3.05, 3.63) is 0 Å². The maximum atomic E-state index is 12.4. The zero-order chi connectivity index (χ0) is 12.8. The maximum absolute atomic E-state index is 12.4. The van der Waals surface area contributed by atoms with Crippen LogP contribution in [0.15, 0.2) is 0 Å². The third kappa shape index (κ3) is 3.71. The molecule has 0 spiro atoms. The predicted octanol–water partition coefficient (Wildman–Crippen LogP) is 2.58. The van der Waals surface area contributed by atoms with Crippen molar-refractivity contribution in [3.63, 3.8) is 0 Å². The molecular formula is C15H27NO2. The van der Waals surface area contributed by atoms with Crippen molar-refractivity contribution in [1.82, 2.24) is 4.90 Å². The molecule has 0 radical (unpaired) electrons. The number of amides is 1. The van der Waals surface area contributed by atoms with Crippen LogP contribution in [0.5, 0.6) is 0 Å². The van der Waals surface area contributed by atoms with E-state index in [1.165, 1.54) is 25.7 Å². The van der Waals surface area contributed by atoms with Crippen molar-refractivity contribution >= 4 is 5.91 Å². The quantitative estimate of drug-likeness (QED) is 0.840. The average molecular weight is 253 g/mol. The average Bonchev–Trinajstić information content (AvgIpc) is 2.68. The Kier molecular flexibility index (Phi) is 5.48.